The van der Waals surface area contributed by atoms with E-state index < -0.39 is 0 Å². The molecule has 106 valence electrons. The van der Waals surface area contributed by atoms with Crippen molar-refractivity contribution in [2.45, 2.75) is 51.0 Å². The van der Waals surface area contributed by atoms with Crippen LogP contribution >= 0.6 is 0 Å². The van der Waals surface area contributed by atoms with Crippen LogP contribution < -0.4 is 5.32 Å². The van der Waals surface area contributed by atoms with E-state index in [9.17, 15) is 0 Å². The van der Waals surface area contributed by atoms with Crippen molar-refractivity contribution in [3.63, 3.8) is 0 Å². The van der Waals surface area contributed by atoms with Crippen molar-refractivity contribution in [2.75, 3.05) is 20.3 Å². The number of rotatable bonds is 8. The molecule has 2 rings (SSSR count). The minimum absolute atomic E-state index is 0.455. The summed E-state index contributed by atoms with van der Waals surface area (Å²) in [6.07, 6.45) is 6.41. The summed E-state index contributed by atoms with van der Waals surface area (Å²) >= 11 is 0. The van der Waals surface area contributed by atoms with Crippen molar-refractivity contribution in [1.82, 2.24) is 5.32 Å². The van der Waals surface area contributed by atoms with E-state index in [1.165, 1.54) is 30.4 Å². The topological polar surface area (TPSA) is 21.3 Å². The maximum absolute atomic E-state index is 5.41. The summed E-state index contributed by atoms with van der Waals surface area (Å²) < 4.78 is 5.41. The van der Waals surface area contributed by atoms with E-state index >= 15 is 0 Å². The van der Waals surface area contributed by atoms with Gasteiger partial charge in [0.25, 0.3) is 0 Å². The molecule has 1 N–H and O–H groups in total. The molecule has 2 nitrogen and oxygen atoms in total. The first-order valence-electron chi connectivity index (χ1n) is 7.70. The lowest BCUT2D eigenvalue weighted by atomic mass is 9.80. The van der Waals surface area contributed by atoms with Crippen LogP contribution in [-0.4, -0.2) is 20.3 Å². The van der Waals surface area contributed by atoms with Gasteiger partial charge in [-0.25, -0.2) is 0 Å². The van der Waals surface area contributed by atoms with E-state index in [0.29, 0.717) is 6.04 Å². The first kappa shape index (κ1) is 14.5. The molecule has 1 aromatic carbocycles. The highest BCUT2D eigenvalue weighted by Gasteiger charge is 2.19. The van der Waals surface area contributed by atoms with E-state index in [1.54, 1.807) is 0 Å². The molecule has 1 saturated carbocycles. The zero-order valence-electron chi connectivity index (χ0n) is 12.3. The molecule has 0 aromatic heterocycles. The first-order valence-corrected chi connectivity index (χ1v) is 7.70. The van der Waals surface area contributed by atoms with E-state index in [-0.39, 0.29) is 0 Å². The van der Waals surface area contributed by atoms with Crippen molar-refractivity contribution in [3.8, 4) is 0 Å². The fourth-order valence-corrected chi connectivity index (χ4v) is 2.75. The van der Waals surface area contributed by atoms with Crippen LogP contribution in [0.1, 0.15) is 62.1 Å². The largest absolute Gasteiger partial charge is 0.382 e. The third-order valence-corrected chi connectivity index (χ3v) is 4.25. The second kappa shape index (κ2) is 7.66. The van der Waals surface area contributed by atoms with E-state index in [2.05, 4.69) is 36.5 Å². The summed E-state index contributed by atoms with van der Waals surface area (Å²) in [5.74, 6) is 0.833. The summed E-state index contributed by atoms with van der Waals surface area (Å²) in [5.41, 5.74) is 2.93. The minimum atomic E-state index is 0.455. The highest BCUT2D eigenvalue weighted by Crippen LogP contribution is 2.36. The molecule has 1 aliphatic carbocycles. The molecule has 0 amide bonds. The highest BCUT2D eigenvalue weighted by molar-refractivity contribution is 5.28. The molecule has 1 unspecified atom stereocenters. The van der Waals surface area contributed by atoms with Crippen LogP contribution in [0.5, 0.6) is 0 Å². The van der Waals surface area contributed by atoms with Gasteiger partial charge in [-0.15, -0.1) is 0 Å². The van der Waals surface area contributed by atoms with Gasteiger partial charge in [-0.05, 0) is 56.7 Å². The average Bonchev–Trinajstić information content (AvgIpc) is 2.38. The van der Waals surface area contributed by atoms with Crippen LogP contribution in [0, 0.1) is 0 Å². The van der Waals surface area contributed by atoms with Gasteiger partial charge < -0.3 is 10.1 Å². The minimum Gasteiger partial charge on any atom is -0.382 e. The maximum Gasteiger partial charge on any atom is 0.0466 e. The normalized spacial score (nSPS) is 17.2. The summed E-state index contributed by atoms with van der Waals surface area (Å²) in [7, 11) is 2.05. The highest BCUT2D eigenvalue weighted by atomic mass is 16.5. The summed E-state index contributed by atoms with van der Waals surface area (Å²) in [6.45, 7) is 3.74. The molecule has 0 heterocycles. The number of hydrogen-bond acceptors (Lipinski definition) is 2. The van der Waals surface area contributed by atoms with Gasteiger partial charge in [0.1, 0.15) is 0 Å². The Kier molecular flexibility index (Phi) is 5.87. The smallest absolute Gasteiger partial charge is 0.0466 e. The van der Waals surface area contributed by atoms with Gasteiger partial charge in [-0.1, -0.05) is 30.7 Å². The lowest BCUT2D eigenvalue weighted by Crippen LogP contribution is -2.17. The predicted octanol–water partition coefficient (Wildman–Crippen LogP) is 4.03. The molecule has 0 aliphatic heterocycles. The molecule has 0 spiro atoms. The molecular formula is C17H27NO. The molecule has 1 aromatic rings. The average molecular weight is 261 g/mol. The molecule has 1 atom stereocenters. The standard InChI is InChI=1S/C17H27NO/c1-3-19-13-5-8-17(18-2)16-11-9-15(10-12-16)14-6-4-7-14/h9-12,14,17-18H,3-8,13H2,1-2H3. The van der Waals surface area contributed by atoms with Crippen LogP contribution in [0.25, 0.3) is 0 Å². The molecule has 0 bridgehead atoms. The van der Waals surface area contributed by atoms with Crippen LogP contribution in [0.15, 0.2) is 24.3 Å². The van der Waals surface area contributed by atoms with Gasteiger partial charge >= 0.3 is 0 Å². The van der Waals surface area contributed by atoms with Crippen LogP contribution in [0.2, 0.25) is 0 Å². The Morgan fingerprint density at radius 3 is 2.53 bits per heavy atom. The zero-order chi connectivity index (χ0) is 13.5. The van der Waals surface area contributed by atoms with Gasteiger partial charge in [0, 0.05) is 19.3 Å². The lowest BCUT2D eigenvalue weighted by Gasteiger charge is -2.26. The number of ether oxygens (including phenoxy) is 1. The third-order valence-electron chi connectivity index (χ3n) is 4.25. The Morgan fingerprint density at radius 2 is 2.00 bits per heavy atom. The van der Waals surface area contributed by atoms with Gasteiger partial charge in [0.05, 0.1) is 0 Å². The van der Waals surface area contributed by atoms with Gasteiger partial charge in [-0.3, -0.25) is 0 Å². The van der Waals surface area contributed by atoms with Crippen molar-refractivity contribution in [2.24, 2.45) is 0 Å². The van der Waals surface area contributed by atoms with Gasteiger partial charge in [0.2, 0.25) is 0 Å². The third kappa shape index (κ3) is 4.05. The fraction of sp³-hybridized carbons (Fsp3) is 0.647. The molecule has 19 heavy (non-hydrogen) atoms. The van der Waals surface area contributed by atoms with Gasteiger partial charge in [0.15, 0.2) is 0 Å². The zero-order valence-corrected chi connectivity index (χ0v) is 12.3. The SMILES string of the molecule is CCOCCCC(NC)c1ccc(C2CCC2)cc1. The lowest BCUT2D eigenvalue weighted by molar-refractivity contribution is 0.141. The van der Waals surface area contributed by atoms with Crippen molar-refractivity contribution in [1.29, 1.82) is 0 Å². The molecule has 1 fully saturated rings. The van der Waals surface area contributed by atoms with Crippen molar-refractivity contribution in [3.05, 3.63) is 35.4 Å². The monoisotopic (exact) mass is 261 g/mol. The van der Waals surface area contributed by atoms with E-state index in [0.717, 1.165) is 32.0 Å². The summed E-state index contributed by atoms with van der Waals surface area (Å²) in [4.78, 5) is 0. The van der Waals surface area contributed by atoms with Crippen LogP contribution in [-0.2, 0) is 4.74 Å². The molecule has 2 heteroatoms. The fourth-order valence-electron chi connectivity index (χ4n) is 2.75. The second-order valence-corrected chi connectivity index (χ2v) is 5.47. The Bertz CT molecular complexity index is 356. The van der Waals surface area contributed by atoms with Crippen molar-refractivity contribution < 1.29 is 4.74 Å². The number of hydrogen-bond donors (Lipinski definition) is 1. The number of benzene rings is 1. The van der Waals surface area contributed by atoms with Crippen LogP contribution in [0.3, 0.4) is 0 Å². The Balaban J connectivity index is 1.86. The molecule has 1 aliphatic rings. The van der Waals surface area contributed by atoms with E-state index in [4.69, 9.17) is 4.74 Å². The Morgan fingerprint density at radius 1 is 1.26 bits per heavy atom. The van der Waals surface area contributed by atoms with Gasteiger partial charge in [-0.2, -0.15) is 0 Å². The number of nitrogens with one attached hydrogen (secondary N) is 1. The van der Waals surface area contributed by atoms with Crippen molar-refractivity contribution >= 4 is 0 Å². The maximum atomic E-state index is 5.41. The van der Waals surface area contributed by atoms with E-state index in [1.807, 2.05) is 7.05 Å². The Labute approximate surface area is 117 Å². The molecule has 0 saturated heterocycles. The summed E-state index contributed by atoms with van der Waals surface area (Å²) in [6, 6.07) is 9.71. The summed E-state index contributed by atoms with van der Waals surface area (Å²) in [5, 5.41) is 3.42. The van der Waals surface area contributed by atoms with Crippen LogP contribution in [0.4, 0.5) is 0 Å². The molecular weight excluding hydrogens is 234 g/mol. The predicted molar refractivity (Wildman–Crippen MR) is 80.6 cm³/mol. The molecule has 0 radical (unpaired) electrons. The first-order chi connectivity index (χ1) is 9.35. The Hall–Kier alpha value is -0.860. The second-order valence-electron chi connectivity index (χ2n) is 5.47. The quantitative estimate of drug-likeness (QED) is 0.713.